The summed E-state index contributed by atoms with van der Waals surface area (Å²) in [5.41, 5.74) is 17.9. The quantitative estimate of drug-likeness (QED) is 0.169. The van der Waals surface area contributed by atoms with Gasteiger partial charge in [0.25, 0.3) is 0 Å². The van der Waals surface area contributed by atoms with Crippen molar-refractivity contribution in [1.29, 1.82) is 0 Å². The molecule has 0 bridgehead atoms. The molecule has 51 heavy (non-hydrogen) atoms. The van der Waals surface area contributed by atoms with Crippen molar-refractivity contribution in [3.63, 3.8) is 0 Å². The van der Waals surface area contributed by atoms with Gasteiger partial charge >= 0.3 is 6.85 Å². The first kappa shape index (κ1) is 28.8. The third-order valence-electron chi connectivity index (χ3n) is 11.6. The number of fused-ring (bicyclic) bond motifs is 11. The molecule has 4 heterocycles. The lowest BCUT2D eigenvalue weighted by atomic mass is 9.43. The van der Waals surface area contributed by atoms with Crippen LogP contribution in [0.3, 0.4) is 0 Å². The van der Waals surface area contributed by atoms with Gasteiger partial charge in [-0.15, -0.1) is 0 Å². The summed E-state index contributed by atoms with van der Waals surface area (Å²) in [6.45, 7) is 9.30. The molecule has 0 saturated heterocycles. The zero-order valence-electron chi connectivity index (χ0n) is 29.3. The van der Waals surface area contributed by atoms with Gasteiger partial charge in [0.15, 0.2) is 0 Å². The summed E-state index contributed by atoms with van der Waals surface area (Å²) in [5, 5.41) is 5.16. The molecule has 0 saturated carbocycles. The minimum atomic E-state index is -0.0621. The Hall–Kier alpha value is -6.00. The number of anilines is 2. The summed E-state index contributed by atoms with van der Waals surface area (Å²) in [5.74, 6) is 0. The Bertz CT molecular complexity index is 2920. The van der Waals surface area contributed by atoms with Gasteiger partial charge in [0.1, 0.15) is 0 Å². The van der Waals surface area contributed by atoms with E-state index in [1.54, 1.807) is 0 Å². The first-order valence-electron chi connectivity index (χ1n) is 18.1. The highest BCUT2D eigenvalue weighted by Gasteiger charge is 2.45. The van der Waals surface area contributed by atoms with Crippen molar-refractivity contribution in [2.24, 2.45) is 0 Å². The molecule has 9 aromatic rings. The highest BCUT2D eigenvalue weighted by Crippen LogP contribution is 2.50. The Labute approximate surface area is 298 Å². The van der Waals surface area contributed by atoms with Crippen molar-refractivity contribution in [3.8, 4) is 22.5 Å². The standard InChI is InChI=1S/C47H36BN3/c1-29-15-8-11-22-38(29)51-41-26-25-35-33-19-9-12-23-39(33)49(31-16-6-5-7-17-31)46(35)43(41)36-27-30(47(2,3)4)28-42-44(36)48(51)37-21-14-20-34-32-18-10-13-24-40(32)50(42)45(34)37/h5-28H,1-4H3. The fourth-order valence-corrected chi connectivity index (χ4v) is 9.29. The van der Waals surface area contributed by atoms with Crippen LogP contribution in [0.15, 0.2) is 146 Å². The molecule has 0 aliphatic carbocycles. The predicted octanol–water partition coefficient (Wildman–Crippen LogP) is 10.7. The third-order valence-corrected chi connectivity index (χ3v) is 11.6. The Morgan fingerprint density at radius 2 is 1.16 bits per heavy atom. The summed E-state index contributed by atoms with van der Waals surface area (Å²) in [7, 11) is 0. The average Bonchev–Trinajstić information content (AvgIpc) is 3.67. The SMILES string of the molecule is Cc1ccccc1N1B2c3c(cc(C(C)(C)C)cc3-n3c4ccccc4c4cccc2c43)-c2c1ccc1c3ccccc3n(-c3ccccc3)c21. The summed E-state index contributed by atoms with van der Waals surface area (Å²) >= 11 is 0. The van der Waals surface area contributed by atoms with Gasteiger partial charge in [0.2, 0.25) is 0 Å². The van der Waals surface area contributed by atoms with E-state index < -0.39 is 0 Å². The Balaban J connectivity index is 1.40. The van der Waals surface area contributed by atoms with Crippen LogP contribution in [0.4, 0.5) is 11.4 Å². The fraction of sp³-hybridized carbons (Fsp3) is 0.106. The zero-order chi connectivity index (χ0) is 34.2. The molecular formula is C47H36BN3. The minimum Gasteiger partial charge on any atom is -0.376 e. The van der Waals surface area contributed by atoms with Crippen LogP contribution in [0.25, 0.3) is 66.1 Å². The molecule has 7 aromatic carbocycles. The number of para-hydroxylation sites is 5. The second-order valence-electron chi connectivity index (χ2n) is 15.4. The molecule has 0 unspecified atom stereocenters. The first-order chi connectivity index (χ1) is 24.9. The summed E-state index contributed by atoms with van der Waals surface area (Å²) < 4.78 is 5.09. The summed E-state index contributed by atoms with van der Waals surface area (Å²) in [6.07, 6.45) is 0. The molecule has 2 aliphatic rings. The molecule has 0 radical (unpaired) electrons. The molecular weight excluding hydrogens is 617 g/mol. The van der Waals surface area contributed by atoms with Crippen LogP contribution in [0.2, 0.25) is 0 Å². The number of aromatic nitrogens is 2. The van der Waals surface area contributed by atoms with E-state index in [4.69, 9.17) is 0 Å². The van der Waals surface area contributed by atoms with Crippen LogP contribution >= 0.6 is 0 Å². The van der Waals surface area contributed by atoms with E-state index >= 15 is 0 Å². The molecule has 0 atom stereocenters. The van der Waals surface area contributed by atoms with E-state index in [-0.39, 0.29) is 12.3 Å². The van der Waals surface area contributed by atoms with Gasteiger partial charge < -0.3 is 13.9 Å². The Morgan fingerprint density at radius 3 is 1.90 bits per heavy atom. The van der Waals surface area contributed by atoms with Gasteiger partial charge in [0, 0.05) is 49.9 Å². The number of rotatable bonds is 2. The topological polar surface area (TPSA) is 13.1 Å². The molecule has 4 heteroatoms. The van der Waals surface area contributed by atoms with Crippen molar-refractivity contribution in [2.45, 2.75) is 33.1 Å². The van der Waals surface area contributed by atoms with E-state index in [1.807, 2.05) is 0 Å². The molecule has 2 aliphatic heterocycles. The monoisotopic (exact) mass is 653 g/mol. The van der Waals surface area contributed by atoms with Gasteiger partial charge in [-0.25, -0.2) is 0 Å². The molecule has 0 spiro atoms. The second-order valence-corrected chi connectivity index (χ2v) is 15.4. The highest BCUT2D eigenvalue weighted by molar-refractivity contribution is 6.93. The molecule has 0 N–H and O–H groups in total. The molecule has 3 nitrogen and oxygen atoms in total. The maximum atomic E-state index is 2.66. The van der Waals surface area contributed by atoms with Crippen LogP contribution in [0.1, 0.15) is 31.9 Å². The van der Waals surface area contributed by atoms with Gasteiger partial charge in [-0.05, 0) is 82.4 Å². The van der Waals surface area contributed by atoms with E-state index in [1.165, 1.54) is 99.5 Å². The maximum Gasteiger partial charge on any atom is 0.333 e. The fourth-order valence-electron chi connectivity index (χ4n) is 9.29. The number of hydrogen-bond donors (Lipinski definition) is 0. The number of nitrogens with zero attached hydrogens (tertiary/aromatic N) is 3. The van der Waals surface area contributed by atoms with Crippen LogP contribution in [0.5, 0.6) is 0 Å². The lowest BCUT2D eigenvalue weighted by molar-refractivity contribution is 0.590. The average molecular weight is 654 g/mol. The molecule has 11 rings (SSSR count). The highest BCUT2D eigenvalue weighted by atomic mass is 15.1. The lowest BCUT2D eigenvalue weighted by Crippen LogP contribution is -2.61. The number of benzene rings is 7. The Morgan fingerprint density at radius 1 is 0.510 bits per heavy atom. The molecule has 2 aromatic heterocycles. The van der Waals surface area contributed by atoms with Crippen LogP contribution in [-0.4, -0.2) is 16.0 Å². The van der Waals surface area contributed by atoms with E-state index in [0.717, 1.165) is 0 Å². The minimum absolute atomic E-state index is 0.00913. The van der Waals surface area contributed by atoms with Gasteiger partial charge in [-0.3, -0.25) is 0 Å². The van der Waals surface area contributed by atoms with Crippen molar-refractivity contribution in [2.75, 3.05) is 4.81 Å². The molecule has 0 amide bonds. The van der Waals surface area contributed by atoms with Crippen LogP contribution in [0, 0.1) is 6.92 Å². The van der Waals surface area contributed by atoms with Crippen molar-refractivity contribution in [3.05, 3.63) is 157 Å². The Kier molecular flexibility index (Phi) is 5.67. The summed E-state index contributed by atoms with van der Waals surface area (Å²) in [6, 6.07) is 54.5. The lowest BCUT2D eigenvalue weighted by Gasteiger charge is -2.43. The van der Waals surface area contributed by atoms with Crippen molar-refractivity contribution < 1.29 is 0 Å². The van der Waals surface area contributed by atoms with Gasteiger partial charge in [0.05, 0.1) is 22.1 Å². The normalized spacial score (nSPS) is 13.4. The zero-order valence-corrected chi connectivity index (χ0v) is 29.3. The van der Waals surface area contributed by atoms with Crippen LogP contribution < -0.4 is 15.7 Å². The maximum absolute atomic E-state index is 2.66. The van der Waals surface area contributed by atoms with Crippen LogP contribution in [-0.2, 0) is 5.41 Å². The van der Waals surface area contributed by atoms with E-state index in [0.29, 0.717) is 0 Å². The molecule has 242 valence electrons. The number of aryl methyl sites for hydroxylation is 1. The van der Waals surface area contributed by atoms with Gasteiger partial charge in [-0.1, -0.05) is 124 Å². The first-order valence-corrected chi connectivity index (χ1v) is 18.1. The second kappa shape index (κ2) is 10.0. The predicted molar refractivity (Wildman–Crippen MR) is 218 cm³/mol. The smallest absolute Gasteiger partial charge is 0.333 e. The van der Waals surface area contributed by atoms with E-state index in [9.17, 15) is 0 Å². The molecule has 0 fully saturated rings. The van der Waals surface area contributed by atoms with Crippen molar-refractivity contribution in [1.82, 2.24) is 9.13 Å². The summed E-state index contributed by atoms with van der Waals surface area (Å²) in [4.78, 5) is 2.66. The van der Waals surface area contributed by atoms with Gasteiger partial charge in [-0.2, -0.15) is 0 Å². The number of hydrogen-bond acceptors (Lipinski definition) is 1. The third kappa shape index (κ3) is 3.74. The van der Waals surface area contributed by atoms with E-state index in [2.05, 4.69) is 187 Å². The van der Waals surface area contributed by atoms with Crippen molar-refractivity contribution >= 4 is 72.8 Å². The largest absolute Gasteiger partial charge is 0.376 e.